The molecule has 0 unspecified atom stereocenters. The van der Waals surface area contributed by atoms with E-state index in [-0.39, 0.29) is 12.5 Å². The molecule has 0 atom stereocenters. The molecule has 0 aromatic carbocycles. The van der Waals surface area contributed by atoms with Crippen molar-refractivity contribution >= 4 is 5.91 Å². The number of ether oxygens (including phenoxy) is 1. The van der Waals surface area contributed by atoms with Crippen molar-refractivity contribution in [2.24, 2.45) is 11.7 Å². The molecule has 0 aliphatic rings. The van der Waals surface area contributed by atoms with Crippen LogP contribution in [0.3, 0.4) is 0 Å². The molecule has 1 aromatic heterocycles. The number of amides is 1. The van der Waals surface area contributed by atoms with Crippen molar-refractivity contribution < 1.29 is 9.53 Å². The van der Waals surface area contributed by atoms with Gasteiger partial charge in [-0.05, 0) is 31.0 Å². The lowest BCUT2D eigenvalue weighted by Gasteiger charge is -2.08. The summed E-state index contributed by atoms with van der Waals surface area (Å²) in [6.45, 7) is 5.53. The lowest BCUT2D eigenvalue weighted by molar-refractivity contribution is -0.123. The largest absolute Gasteiger partial charge is 0.482 e. The van der Waals surface area contributed by atoms with Gasteiger partial charge in [0.2, 0.25) is 0 Å². The van der Waals surface area contributed by atoms with Gasteiger partial charge < -0.3 is 15.8 Å². The van der Waals surface area contributed by atoms with Crippen molar-refractivity contribution in [3.63, 3.8) is 0 Å². The second kappa shape index (κ2) is 8.48. The summed E-state index contributed by atoms with van der Waals surface area (Å²) in [4.78, 5) is 15.7. The Labute approximate surface area is 114 Å². The molecule has 1 heterocycles. The molecule has 0 radical (unpaired) electrons. The maximum Gasteiger partial charge on any atom is 0.257 e. The average molecular weight is 265 g/mol. The molecular formula is C14H23N3O2. The van der Waals surface area contributed by atoms with Crippen LogP contribution < -0.4 is 15.8 Å². The third kappa shape index (κ3) is 6.76. The maximum atomic E-state index is 11.5. The fourth-order valence-electron chi connectivity index (χ4n) is 1.49. The predicted octanol–water partition coefficient (Wildman–Crippen LogP) is 1.12. The van der Waals surface area contributed by atoms with Crippen LogP contribution in [-0.4, -0.2) is 30.6 Å². The Hall–Kier alpha value is -1.62. The second-order valence-electron chi connectivity index (χ2n) is 4.85. The Morgan fingerprint density at radius 3 is 2.84 bits per heavy atom. The van der Waals surface area contributed by atoms with Gasteiger partial charge in [0.05, 0.1) is 6.20 Å². The summed E-state index contributed by atoms with van der Waals surface area (Å²) >= 11 is 0. The van der Waals surface area contributed by atoms with E-state index >= 15 is 0 Å². The molecule has 106 valence electrons. The van der Waals surface area contributed by atoms with E-state index in [0.717, 1.165) is 18.5 Å². The molecule has 3 N–H and O–H groups in total. The highest BCUT2D eigenvalue weighted by molar-refractivity contribution is 5.77. The van der Waals surface area contributed by atoms with Gasteiger partial charge in [-0.3, -0.25) is 9.78 Å². The first-order chi connectivity index (χ1) is 9.11. The minimum atomic E-state index is -0.105. The van der Waals surface area contributed by atoms with Crippen LogP contribution >= 0.6 is 0 Å². The number of carbonyl (C=O) groups is 1. The maximum absolute atomic E-state index is 11.5. The minimum Gasteiger partial charge on any atom is -0.482 e. The van der Waals surface area contributed by atoms with E-state index in [4.69, 9.17) is 10.5 Å². The van der Waals surface area contributed by atoms with Gasteiger partial charge >= 0.3 is 0 Å². The van der Waals surface area contributed by atoms with Crippen LogP contribution in [0.15, 0.2) is 18.3 Å². The van der Waals surface area contributed by atoms with Crippen molar-refractivity contribution in [1.82, 2.24) is 10.3 Å². The molecule has 0 saturated carbocycles. The summed E-state index contributed by atoms with van der Waals surface area (Å²) in [7, 11) is 0. The van der Waals surface area contributed by atoms with Gasteiger partial charge in [0.1, 0.15) is 5.75 Å². The molecular weight excluding hydrogens is 242 g/mol. The molecule has 1 rings (SSSR count). The van der Waals surface area contributed by atoms with Crippen LogP contribution in [0, 0.1) is 5.92 Å². The summed E-state index contributed by atoms with van der Waals surface area (Å²) in [6.07, 6.45) is 3.34. The molecule has 0 fully saturated rings. The molecule has 1 amide bonds. The van der Waals surface area contributed by atoms with E-state index in [1.165, 1.54) is 0 Å². The van der Waals surface area contributed by atoms with Gasteiger partial charge in [-0.25, -0.2) is 0 Å². The summed E-state index contributed by atoms with van der Waals surface area (Å²) in [5.74, 6) is 1.08. The zero-order chi connectivity index (χ0) is 14.1. The number of hydrogen-bond donors (Lipinski definition) is 2. The fourth-order valence-corrected chi connectivity index (χ4v) is 1.49. The third-order valence-corrected chi connectivity index (χ3v) is 2.61. The number of carbonyl (C=O) groups excluding carboxylic acids is 1. The number of pyridine rings is 1. The normalized spacial score (nSPS) is 10.5. The highest BCUT2D eigenvalue weighted by atomic mass is 16.5. The molecule has 0 bridgehead atoms. The first-order valence-corrected chi connectivity index (χ1v) is 6.66. The molecule has 0 aliphatic carbocycles. The smallest absolute Gasteiger partial charge is 0.257 e. The summed E-state index contributed by atoms with van der Waals surface area (Å²) in [5, 5.41) is 2.82. The van der Waals surface area contributed by atoms with Crippen LogP contribution in [0.5, 0.6) is 5.75 Å². The lowest BCUT2D eigenvalue weighted by atomic mass is 10.1. The zero-order valence-electron chi connectivity index (χ0n) is 11.7. The number of aromatic nitrogens is 1. The van der Waals surface area contributed by atoms with E-state index in [2.05, 4.69) is 24.1 Å². The van der Waals surface area contributed by atoms with Crippen LogP contribution in [0.4, 0.5) is 0 Å². The molecule has 19 heavy (non-hydrogen) atoms. The minimum absolute atomic E-state index is 0.0238. The van der Waals surface area contributed by atoms with E-state index in [9.17, 15) is 4.79 Å². The van der Waals surface area contributed by atoms with Gasteiger partial charge in [-0.2, -0.15) is 0 Å². The van der Waals surface area contributed by atoms with Crippen molar-refractivity contribution in [3.8, 4) is 5.75 Å². The Kier molecular flexibility index (Phi) is 6.89. The molecule has 0 spiro atoms. The monoisotopic (exact) mass is 265 g/mol. The van der Waals surface area contributed by atoms with Gasteiger partial charge in [-0.1, -0.05) is 13.8 Å². The highest BCUT2D eigenvalue weighted by Gasteiger charge is 2.03. The standard InChI is InChI=1S/C14H23N3O2/c1-11(2)6-8-16-14(18)10-19-13-4-3-12(5-7-15)17-9-13/h3-4,9,11H,5-8,10,15H2,1-2H3,(H,16,18). The number of hydrogen-bond acceptors (Lipinski definition) is 4. The fraction of sp³-hybridized carbons (Fsp3) is 0.571. The zero-order valence-corrected chi connectivity index (χ0v) is 11.7. The molecule has 0 saturated heterocycles. The van der Waals surface area contributed by atoms with E-state index in [1.54, 1.807) is 12.3 Å². The summed E-state index contributed by atoms with van der Waals surface area (Å²) < 4.78 is 5.35. The average Bonchev–Trinajstić information content (AvgIpc) is 2.38. The van der Waals surface area contributed by atoms with E-state index in [0.29, 0.717) is 24.8 Å². The Morgan fingerprint density at radius 1 is 1.47 bits per heavy atom. The van der Waals surface area contributed by atoms with Crippen molar-refractivity contribution in [2.45, 2.75) is 26.7 Å². The van der Waals surface area contributed by atoms with E-state index < -0.39 is 0 Å². The SMILES string of the molecule is CC(C)CCNC(=O)COc1ccc(CCN)nc1. The number of rotatable bonds is 8. The highest BCUT2D eigenvalue weighted by Crippen LogP contribution is 2.09. The second-order valence-corrected chi connectivity index (χ2v) is 4.85. The first kappa shape index (κ1) is 15.4. The van der Waals surface area contributed by atoms with Crippen LogP contribution in [0.25, 0.3) is 0 Å². The quantitative estimate of drug-likeness (QED) is 0.738. The van der Waals surface area contributed by atoms with E-state index in [1.807, 2.05) is 6.07 Å². The summed E-state index contributed by atoms with van der Waals surface area (Å²) in [6, 6.07) is 3.66. The Morgan fingerprint density at radius 2 is 2.26 bits per heavy atom. The molecule has 5 nitrogen and oxygen atoms in total. The van der Waals surface area contributed by atoms with Crippen molar-refractivity contribution in [2.75, 3.05) is 19.7 Å². The first-order valence-electron chi connectivity index (χ1n) is 6.66. The van der Waals surface area contributed by atoms with Gasteiger partial charge in [0.15, 0.2) is 6.61 Å². The van der Waals surface area contributed by atoms with Gasteiger partial charge in [0.25, 0.3) is 5.91 Å². The van der Waals surface area contributed by atoms with Gasteiger partial charge in [0, 0.05) is 18.7 Å². The van der Waals surface area contributed by atoms with Crippen LogP contribution in [0.1, 0.15) is 26.0 Å². The third-order valence-electron chi connectivity index (χ3n) is 2.61. The van der Waals surface area contributed by atoms with Crippen molar-refractivity contribution in [1.29, 1.82) is 0 Å². The Balaban J connectivity index is 2.25. The number of nitrogens with two attached hydrogens (primary N) is 1. The number of nitrogens with zero attached hydrogens (tertiary/aromatic N) is 1. The number of nitrogens with one attached hydrogen (secondary N) is 1. The topological polar surface area (TPSA) is 77.2 Å². The predicted molar refractivity (Wildman–Crippen MR) is 75.0 cm³/mol. The molecule has 0 aliphatic heterocycles. The lowest BCUT2D eigenvalue weighted by Crippen LogP contribution is -2.30. The van der Waals surface area contributed by atoms with Crippen molar-refractivity contribution in [3.05, 3.63) is 24.0 Å². The van der Waals surface area contributed by atoms with Crippen LogP contribution in [0.2, 0.25) is 0 Å². The Bertz CT molecular complexity index is 377. The molecule has 5 heteroatoms. The van der Waals surface area contributed by atoms with Gasteiger partial charge in [-0.15, -0.1) is 0 Å². The molecule has 1 aromatic rings. The summed E-state index contributed by atoms with van der Waals surface area (Å²) in [5.41, 5.74) is 6.37. The van der Waals surface area contributed by atoms with Crippen LogP contribution in [-0.2, 0) is 11.2 Å².